The first-order valence-corrected chi connectivity index (χ1v) is 7.15. The van der Waals surface area contributed by atoms with Crippen LogP contribution in [0.2, 0.25) is 5.02 Å². The quantitative estimate of drug-likeness (QED) is 0.752. The molecule has 1 fully saturated rings. The van der Waals surface area contributed by atoms with Crippen LogP contribution in [0.4, 0.5) is 0 Å². The Bertz CT molecular complexity index is 456. The van der Waals surface area contributed by atoms with E-state index in [1.807, 2.05) is 35.2 Å². The standard InChI is InChI=1S/C16H20ClNO/c1-12-9-13(2)11-18(10-12)16(19)8-5-14-3-6-15(17)7-4-14/h3-8,12-13H,9-11H2,1-2H3. The van der Waals surface area contributed by atoms with Gasteiger partial charge in [-0.15, -0.1) is 0 Å². The molecule has 2 unspecified atom stereocenters. The zero-order valence-corrected chi connectivity index (χ0v) is 12.2. The summed E-state index contributed by atoms with van der Waals surface area (Å²) in [6.07, 6.45) is 4.72. The van der Waals surface area contributed by atoms with E-state index in [9.17, 15) is 4.79 Å². The molecule has 2 nitrogen and oxygen atoms in total. The van der Waals surface area contributed by atoms with Crippen molar-refractivity contribution in [3.8, 4) is 0 Å². The molecule has 2 atom stereocenters. The molecule has 0 radical (unpaired) electrons. The van der Waals surface area contributed by atoms with Gasteiger partial charge in [0.05, 0.1) is 0 Å². The number of halogens is 1. The molecule has 0 aromatic heterocycles. The smallest absolute Gasteiger partial charge is 0.246 e. The van der Waals surface area contributed by atoms with Crippen LogP contribution < -0.4 is 0 Å². The van der Waals surface area contributed by atoms with Crippen LogP contribution >= 0.6 is 11.6 Å². The molecule has 1 saturated heterocycles. The molecule has 102 valence electrons. The van der Waals surface area contributed by atoms with E-state index in [0.717, 1.165) is 18.7 Å². The summed E-state index contributed by atoms with van der Waals surface area (Å²) in [5.74, 6) is 1.29. The van der Waals surface area contributed by atoms with Gasteiger partial charge in [-0.1, -0.05) is 37.6 Å². The Morgan fingerprint density at radius 2 is 1.79 bits per heavy atom. The van der Waals surface area contributed by atoms with Gasteiger partial charge in [0.2, 0.25) is 5.91 Å². The molecule has 1 heterocycles. The monoisotopic (exact) mass is 277 g/mol. The summed E-state index contributed by atoms with van der Waals surface area (Å²) < 4.78 is 0. The molecule has 0 N–H and O–H groups in total. The number of benzene rings is 1. The molecule has 0 spiro atoms. The molecule has 3 heteroatoms. The van der Waals surface area contributed by atoms with Crippen molar-refractivity contribution < 1.29 is 4.79 Å². The zero-order valence-electron chi connectivity index (χ0n) is 11.5. The van der Waals surface area contributed by atoms with Crippen LogP contribution in [0.1, 0.15) is 25.8 Å². The average molecular weight is 278 g/mol. The second kappa shape index (κ2) is 6.25. The number of rotatable bonds is 2. The molecular formula is C16H20ClNO. The Morgan fingerprint density at radius 1 is 1.21 bits per heavy atom. The highest BCUT2D eigenvalue weighted by atomic mass is 35.5. The van der Waals surface area contributed by atoms with Crippen molar-refractivity contribution in [2.45, 2.75) is 20.3 Å². The lowest BCUT2D eigenvalue weighted by Crippen LogP contribution is -2.41. The molecular weight excluding hydrogens is 258 g/mol. The lowest BCUT2D eigenvalue weighted by molar-refractivity contribution is -0.128. The van der Waals surface area contributed by atoms with Gasteiger partial charge in [0.1, 0.15) is 0 Å². The summed E-state index contributed by atoms with van der Waals surface area (Å²) in [6.45, 7) is 6.15. The molecule has 19 heavy (non-hydrogen) atoms. The van der Waals surface area contributed by atoms with Crippen LogP contribution in [0.15, 0.2) is 30.3 Å². The maximum Gasteiger partial charge on any atom is 0.246 e. The lowest BCUT2D eigenvalue weighted by Gasteiger charge is -2.34. The van der Waals surface area contributed by atoms with Crippen LogP contribution in [-0.4, -0.2) is 23.9 Å². The van der Waals surface area contributed by atoms with E-state index >= 15 is 0 Å². The number of piperidine rings is 1. The number of carbonyl (C=O) groups is 1. The van der Waals surface area contributed by atoms with E-state index in [-0.39, 0.29) is 5.91 Å². The maximum absolute atomic E-state index is 12.1. The Labute approximate surface area is 120 Å². The molecule has 0 saturated carbocycles. The van der Waals surface area contributed by atoms with Crippen molar-refractivity contribution in [1.29, 1.82) is 0 Å². The van der Waals surface area contributed by atoms with E-state index in [0.29, 0.717) is 16.9 Å². The molecule has 1 aromatic rings. The van der Waals surface area contributed by atoms with Crippen LogP contribution in [0.3, 0.4) is 0 Å². The van der Waals surface area contributed by atoms with Gasteiger partial charge in [0.15, 0.2) is 0 Å². The number of nitrogens with zero attached hydrogens (tertiary/aromatic N) is 1. The minimum absolute atomic E-state index is 0.105. The van der Waals surface area contributed by atoms with Gasteiger partial charge in [-0.05, 0) is 42.0 Å². The Balaban J connectivity index is 1.98. The zero-order chi connectivity index (χ0) is 13.8. The van der Waals surface area contributed by atoms with Crippen LogP contribution in [0.25, 0.3) is 6.08 Å². The Hall–Kier alpha value is -1.28. The van der Waals surface area contributed by atoms with Crippen molar-refractivity contribution >= 4 is 23.6 Å². The summed E-state index contributed by atoms with van der Waals surface area (Å²) in [7, 11) is 0. The number of carbonyl (C=O) groups excluding carboxylic acids is 1. The molecule has 2 rings (SSSR count). The number of hydrogen-bond acceptors (Lipinski definition) is 1. The number of amides is 1. The van der Waals surface area contributed by atoms with Crippen LogP contribution in [0, 0.1) is 11.8 Å². The lowest BCUT2D eigenvalue weighted by atomic mass is 9.92. The third-order valence-corrected chi connectivity index (χ3v) is 3.72. The molecule has 1 aromatic carbocycles. The first kappa shape index (κ1) is 14.1. The first-order valence-electron chi connectivity index (χ1n) is 6.77. The highest BCUT2D eigenvalue weighted by Crippen LogP contribution is 2.21. The van der Waals surface area contributed by atoms with E-state index in [1.54, 1.807) is 6.08 Å². The van der Waals surface area contributed by atoms with E-state index in [4.69, 9.17) is 11.6 Å². The Kier molecular flexibility index (Phi) is 4.65. The summed E-state index contributed by atoms with van der Waals surface area (Å²) >= 11 is 5.83. The van der Waals surface area contributed by atoms with Crippen LogP contribution in [0.5, 0.6) is 0 Å². The van der Waals surface area contributed by atoms with Crippen molar-refractivity contribution in [1.82, 2.24) is 4.90 Å². The second-order valence-corrected chi connectivity index (χ2v) is 6.01. The largest absolute Gasteiger partial charge is 0.339 e. The van der Waals surface area contributed by atoms with E-state index in [1.165, 1.54) is 6.42 Å². The highest BCUT2D eigenvalue weighted by Gasteiger charge is 2.23. The summed E-state index contributed by atoms with van der Waals surface area (Å²) in [4.78, 5) is 14.1. The van der Waals surface area contributed by atoms with Crippen molar-refractivity contribution in [3.05, 3.63) is 40.9 Å². The summed E-state index contributed by atoms with van der Waals surface area (Å²) in [5, 5.41) is 0.710. The number of likely N-dealkylation sites (tertiary alicyclic amines) is 1. The topological polar surface area (TPSA) is 20.3 Å². The minimum atomic E-state index is 0.105. The fourth-order valence-corrected chi connectivity index (χ4v) is 2.82. The highest BCUT2D eigenvalue weighted by molar-refractivity contribution is 6.30. The molecule has 0 bridgehead atoms. The SMILES string of the molecule is CC1CC(C)CN(C(=O)C=Cc2ccc(Cl)cc2)C1. The predicted octanol–water partition coefficient (Wildman–Crippen LogP) is 3.86. The third kappa shape index (κ3) is 4.10. The van der Waals surface area contributed by atoms with Gasteiger partial charge in [-0.25, -0.2) is 0 Å². The Morgan fingerprint density at radius 3 is 2.37 bits per heavy atom. The van der Waals surface area contributed by atoms with Crippen molar-refractivity contribution in [2.75, 3.05) is 13.1 Å². The molecule has 1 aliphatic heterocycles. The first-order chi connectivity index (χ1) is 9.04. The van der Waals surface area contributed by atoms with Crippen molar-refractivity contribution in [3.63, 3.8) is 0 Å². The maximum atomic E-state index is 12.1. The van der Waals surface area contributed by atoms with Gasteiger partial charge in [-0.2, -0.15) is 0 Å². The fourth-order valence-electron chi connectivity index (χ4n) is 2.69. The van der Waals surface area contributed by atoms with Gasteiger partial charge < -0.3 is 4.90 Å². The van der Waals surface area contributed by atoms with E-state index < -0.39 is 0 Å². The van der Waals surface area contributed by atoms with Crippen LogP contribution in [-0.2, 0) is 4.79 Å². The van der Waals surface area contributed by atoms with Gasteiger partial charge in [0.25, 0.3) is 0 Å². The minimum Gasteiger partial charge on any atom is -0.339 e. The molecule has 1 amide bonds. The van der Waals surface area contributed by atoms with E-state index in [2.05, 4.69) is 13.8 Å². The second-order valence-electron chi connectivity index (χ2n) is 5.57. The van der Waals surface area contributed by atoms with Gasteiger partial charge in [0, 0.05) is 24.2 Å². The summed E-state index contributed by atoms with van der Waals surface area (Å²) in [6, 6.07) is 7.48. The van der Waals surface area contributed by atoms with Crippen molar-refractivity contribution in [2.24, 2.45) is 11.8 Å². The molecule has 1 aliphatic rings. The van der Waals surface area contributed by atoms with Gasteiger partial charge in [-0.3, -0.25) is 4.79 Å². The predicted molar refractivity (Wildman–Crippen MR) is 80.0 cm³/mol. The third-order valence-electron chi connectivity index (χ3n) is 3.47. The summed E-state index contributed by atoms with van der Waals surface area (Å²) in [5.41, 5.74) is 0.996. The average Bonchev–Trinajstić information content (AvgIpc) is 2.36. The normalized spacial score (nSPS) is 23.8. The van der Waals surface area contributed by atoms with Gasteiger partial charge >= 0.3 is 0 Å². The fraction of sp³-hybridized carbons (Fsp3) is 0.438. The number of hydrogen-bond donors (Lipinski definition) is 0. The molecule has 0 aliphatic carbocycles.